The first-order valence-electron chi connectivity index (χ1n) is 7.08. The molecule has 0 aliphatic carbocycles. The Morgan fingerprint density at radius 3 is 2.80 bits per heavy atom. The Kier molecular flexibility index (Phi) is 4.77. The molecule has 0 radical (unpaired) electrons. The molecule has 20 heavy (non-hydrogen) atoms. The molecular formula is C14H24N4O2. The predicted octanol–water partition coefficient (Wildman–Crippen LogP) is 2.03. The number of aromatic nitrogens is 2. The van der Waals surface area contributed by atoms with Crippen molar-refractivity contribution in [1.82, 2.24) is 9.97 Å². The van der Waals surface area contributed by atoms with Crippen LogP contribution in [0.25, 0.3) is 0 Å². The van der Waals surface area contributed by atoms with Gasteiger partial charge in [-0.05, 0) is 27.2 Å². The van der Waals surface area contributed by atoms with Gasteiger partial charge >= 0.3 is 0 Å². The zero-order valence-corrected chi connectivity index (χ0v) is 12.7. The summed E-state index contributed by atoms with van der Waals surface area (Å²) in [5.41, 5.74) is -0.0951. The van der Waals surface area contributed by atoms with Gasteiger partial charge in [-0.2, -0.15) is 0 Å². The van der Waals surface area contributed by atoms with E-state index in [1.807, 2.05) is 13.0 Å². The lowest BCUT2D eigenvalue weighted by Gasteiger charge is -2.29. The minimum Gasteiger partial charge on any atom is -0.377 e. The Balaban J connectivity index is 2.21. The molecule has 1 saturated heterocycles. The number of methoxy groups -OCH3 is 1. The van der Waals surface area contributed by atoms with Crippen molar-refractivity contribution in [3.05, 3.63) is 11.9 Å². The Morgan fingerprint density at radius 1 is 1.45 bits per heavy atom. The molecule has 2 N–H and O–H groups in total. The lowest BCUT2D eigenvalue weighted by molar-refractivity contribution is 0.105. The number of hydrogen-bond donors (Lipinski definition) is 2. The van der Waals surface area contributed by atoms with Gasteiger partial charge in [0, 0.05) is 26.3 Å². The molecule has 2 unspecified atom stereocenters. The Morgan fingerprint density at radius 2 is 2.20 bits per heavy atom. The van der Waals surface area contributed by atoms with Gasteiger partial charge in [0.05, 0.1) is 11.6 Å². The highest BCUT2D eigenvalue weighted by molar-refractivity contribution is 5.49. The number of anilines is 2. The molecule has 2 heterocycles. The summed E-state index contributed by atoms with van der Waals surface area (Å²) in [5.74, 6) is 2.29. The van der Waals surface area contributed by atoms with E-state index < -0.39 is 0 Å². The second kappa shape index (κ2) is 6.37. The molecular weight excluding hydrogens is 256 g/mol. The molecule has 0 aromatic carbocycles. The van der Waals surface area contributed by atoms with Crippen LogP contribution < -0.4 is 10.6 Å². The summed E-state index contributed by atoms with van der Waals surface area (Å²) in [6, 6.07) is 1.93. The summed E-state index contributed by atoms with van der Waals surface area (Å²) in [6.45, 7) is 8.29. The van der Waals surface area contributed by atoms with Gasteiger partial charge in [0.1, 0.15) is 18.2 Å². The third-order valence-electron chi connectivity index (χ3n) is 3.70. The standard InChI is InChI=1S/C14H24N4O2/c1-5-15-11-8-12(17-13(16-11)9-19-4)18-14(3)6-7-20-10(14)2/h8,10H,5-7,9H2,1-4H3,(H2,15,16,17,18). The van der Waals surface area contributed by atoms with Gasteiger partial charge < -0.3 is 20.1 Å². The lowest BCUT2D eigenvalue weighted by Crippen LogP contribution is -2.41. The van der Waals surface area contributed by atoms with Crippen LogP contribution in [0.4, 0.5) is 11.6 Å². The van der Waals surface area contributed by atoms with Gasteiger partial charge in [0.15, 0.2) is 5.82 Å². The van der Waals surface area contributed by atoms with Crippen LogP contribution in [0.3, 0.4) is 0 Å². The van der Waals surface area contributed by atoms with Crippen LogP contribution in [0.2, 0.25) is 0 Å². The zero-order valence-electron chi connectivity index (χ0n) is 12.7. The quantitative estimate of drug-likeness (QED) is 0.831. The van der Waals surface area contributed by atoms with Gasteiger partial charge in [0.25, 0.3) is 0 Å². The van der Waals surface area contributed by atoms with E-state index in [0.29, 0.717) is 12.4 Å². The largest absolute Gasteiger partial charge is 0.377 e. The molecule has 2 atom stereocenters. The van der Waals surface area contributed by atoms with Crippen molar-refractivity contribution in [3.8, 4) is 0 Å². The van der Waals surface area contributed by atoms with Crippen LogP contribution in [0.1, 0.15) is 33.0 Å². The fourth-order valence-corrected chi connectivity index (χ4v) is 2.32. The van der Waals surface area contributed by atoms with Crippen molar-refractivity contribution < 1.29 is 9.47 Å². The fourth-order valence-electron chi connectivity index (χ4n) is 2.32. The summed E-state index contributed by atoms with van der Waals surface area (Å²) in [7, 11) is 1.64. The lowest BCUT2D eigenvalue weighted by atomic mass is 9.95. The van der Waals surface area contributed by atoms with Gasteiger partial charge in [0.2, 0.25) is 0 Å². The summed E-state index contributed by atoms with van der Waals surface area (Å²) in [4.78, 5) is 8.92. The number of hydrogen-bond acceptors (Lipinski definition) is 6. The minimum atomic E-state index is -0.0951. The summed E-state index contributed by atoms with van der Waals surface area (Å²) in [6.07, 6.45) is 1.12. The molecule has 2 rings (SSSR count). The molecule has 0 saturated carbocycles. The first-order valence-corrected chi connectivity index (χ1v) is 7.08. The number of nitrogens with zero attached hydrogens (tertiary/aromatic N) is 2. The third-order valence-corrected chi connectivity index (χ3v) is 3.70. The molecule has 0 spiro atoms. The maximum atomic E-state index is 5.65. The first kappa shape index (κ1) is 15.0. The Bertz CT molecular complexity index is 431. The molecule has 6 nitrogen and oxygen atoms in total. The SMILES string of the molecule is CCNc1cc(NC2(C)CCOC2C)nc(COC)n1. The third kappa shape index (κ3) is 3.37. The molecule has 112 valence electrons. The van der Waals surface area contributed by atoms with Crippen molar-refractivity contribution in [2.24, 2.45) is 0 Å². The van der Waals surface area contributed by atoms with Gasteiger partial charge in [-0.15, -0.1) is 0 Å². The average molecular weight is 280 g/mol. The van der Waals surface area contributed by atoms with Crippen molar-refractivity contribution in [2.75, 3.05) is 30.9 Å². The predicted molar refractivity (Wildman–Crippen MR) is 79.0 cm³/mol. The van der Waals surface area contributed by atoms with E-state index in [4.69, 9.17) is 9.47 Å². The van der Waals surface area contributed by atoms with Crippen LogP contribution in [0, 0.1) is 0 Å². The van der Waals surface area contributed by atoms with E-state index in [1.54, 1.807) is 7.11 Å². The second-order valence-corrected chi connectivity index (χ2v) is 5.32. The topological polar surface area (TPSA) is 68.3 Å². The highest BCUT2D eigenvalue weighted by Gasteiger charge is 2.37. The number of nitrogens with one attached hydrogen (secondary N) is 2. The molecule has 1 aliphatic heterocycles. The van der Waals surface area contributed by atoms with Crippen molar-refractivity contribution in [2.45, 2.75) is 45.4 Å². The molecule has 0 bridgehead atoms. The summed E-state index contributed by atoms with van der Waals surface area (Å²) in [5, 5.41) is 6.71. The monoisotopic (exact) mass is 280 g/mol. The molecule has 1 fully saturated rings. The van der Waals surface area contributed by atoms with Crippen LogP contribution >= 0.6 is 0 Å². The first-order chi connectivity index (χ1) is 9.57. The maximum absolute atomic E-state index is 5.65. The highest BCUT2D eigenvalue weighted by Crippen LogP contribution is 2.29. The molecule has 0 amide bonds. The molecule has 1 aliphatic rings. The van der Waals surface area contributed by atoms with E-state index in [0.717, 1.165) is 31.2 Å². The maximum Gasteiger partial charge on any atom is 0.158 e. The van der Waals surface area contributed by atoms with Crippen LogP contribution in [-0.4, -0.2) is 41.9 Å². The Hall–Kier alpha value is -1.40. The van der Waals surface area contributed by atoms with Gasteiger partial charge in [-0.3, -0.25) is 0 Å². The van der Waals surface area contributed by atoms with Crippen molar-refractivity contribution in [1.29, 1.82) is 0 Å². The van der Waals surface area contributed by atoms with Crippen LogP contribution in [0.15, 0.2) is 6.07 Å². The zero-order chi connectivity index (χ0) is 14.6. The van der Waals surface area contributed by atoms with E-state index in [1.165, 1.54) is 0 Å². The fraction of sp³-hybridized carbons (Fsp3) is 0.714. The smallest absolute Gasteiger partial charge is 0.158 e. The second-order valence-electron chi connectivity index (χ2n) is 5.32. The van der Waals surface area contributed by atoms with Crippen molar-refractivity contribution >= 4 is 11.6 Å². The number of ether oxygens (including phenoxy) is 2. The van der Waals surface area contributed by atoms with Crippen molar-refractivity contribution in [3.63, 3.8) is 0 Å². The Labute approximate surface area is 120 Å². The van der Waals surface area contributed by atoms with E-state index >= 15 is 0 Å². The van der Waals surface area contributed by atoms with Gasteiger partial charge in [-0.25, -0.2) is 9.97 Å². The minimum absolute atomic E-state index is 0.0951. The summed E-state index contributed by atoms with van der Waals surface area (Å²) >= 11 is 0. The van der Waals surface area contributed by atoms with Crippen LogP contribution in [-0.2, 0) is 16.1 Å². The normalized spacial score (nSPS) is 25.7. The average Bonchev–Trinajstić information content (AvgIpc) is 2.69. The van der Waals surface area contributed by atoms with E-state index in [9.17, 15) is 0 Å². The molecule has 6 heteroatoms. The van der Waals surface area contributed by atoms with E-state index in [-0.39, 0.29) is 11.6 Å². The highest BCUT2D eigenvalue weighted by atomic mass is 16.5. The van der Waals surface area contributed by atoms with Gasteiger partial charge in [-0.1, -0.05) is 0 Å². The van der Waals surface area contributed by atoms with E-state index in [2.05, 4.69) is 34.4 Å². The molecule has 1 aromatic heterocycles. The molecule has 1 aromatic rings. The van der Waals surface area contributed by atoms with Crippen LogP contribution in [0.5, 0.6) is 0 Å². The number of rotatable bonds is 6. The summed E-state index contributed by atoms with van der Waals surface area (Å²) < 4.78 is 10.8.